The van der Waals surface area contributed by atoms with Crippen molar-refractivity contribution in [1.29, 1.82) is 0 Å². The summed E-state index contributed by atoms with van der Waals surface area (Å²) in [5.74, 6) is 1.88. The van der Waals surface area contributed by atoms with Gasteiger partial charge in [0, 0.05) is 51.7 Å². The summed E-state index contributed by atoms with van der Waals surface area (Å²) in [4.78, 5) is 18.1. The van der Waals surface area contributed by atoms with Gasteiger partial charge >= 0.3 is 0 Å². The number of piperazine rings is 1. The molecule has 1 aliphatic rings. The van der Waals surface area contributed by atoms with Crippen LogP contribution in [0.4, 0.5) is 5.95 Å². The molecule has 2 heterocycles. The van der Waals surface area contributed by atoms with Gasteiger partial charge in [-0.1, -0.05) is 26.2 Å². The highest BCUT2D eigenvalue weighted by molar-refractivity contribution is 5.80. The first-order chi connectivity index (χ1) is 11.3. The van der Waals surface area contributed by atoms with Crippen LogP contribution in [0.3, 0.4) is 0 Å². The predicted octanol–water partition coefficient (Wildman–Crippen LogP) is 2.14. The van der Waals surface area contributed by atoms with Gasteiger partial charge in [0.25, 0.3) is 0 Å². The van der Waals surface area contributed by atoms with E-state index in [2.05, 4.69) is 38.9 Å². The Morgan fingerprint density at radius 2 is 1.83 bits per heavy atom. The monoisotopic (exact) mass is 318 g/mol. The third-order valence-corrected chi connectivity index (χ3v) is 4.02. The van der Waals surface area contributed by atoms with Crippen LogP contribution in [0, 0.1) is 0 Å². The molecule has 23 heavy (non-hydrogen) atoms. The summed E-state index contributed by atoms with van der Waals surface area (Å²) in [6.07, 6.45) is 8.64. The van der Waals surface area contributed by atoms with E-state index in [0.717, 1.165) is 51.2 Å². The Morgan fingerprint density at radius 3 is 2.48 bits per heavy atom. The Hall–Kier alpha value is -1.85. The summed E-state index contributed by atoms with van der Waals surface area (Å²) in [7, 11) is 0. The highest BCUT2D eigenvalue weighted by Crippen LogP contribution is 2.10. The molecule has 0 bridgehead atoms. The summed E-state index contributed by atoms with van der Waals surface area (Å²) in [5.41, 5.74) is 0. The second kappa shape index (κ2) is 10.0. The number of rotatable bonds is 7. The molecule has 1 saturated heterocycles. The number of hydrogen-bond donors (Lipinski definition) is 1. The second-order valence-electron chi connectivity index (χ2n) is 5.82. The molecule has 0 spiro atoms. The van der Waals surface area contributed by atoms with E-state index in [1.165, 1.54) is 25.7 Å². The Kier molecular flexibility index (Phi) is 7.63. The van der Waals surface area contributed by atoms with Crippen molar-refractivity contribution in [3.63, 3.8) is 0 Å². The van der Waals surface area contributed by atoms with Crippen molar-refractivity contribution in [2.24, 2.45) is 4.99 Å². The number of aromatic nitrogens is 2. The van der Waals surface area contributed by atoms with Crippen LogP contribution in [-0.4, -0.2) is 60.1 Å². The molecule has 6 nitrogen and oxygen atoms in total. The Bertz CT molecular complexity index is 453. The van der Waals surface area contributed by atoms with E-state index in [4.69, 9.17) is 4.99 Å². The molecule has 0 saturated carbocycles. The molecule has 2 rings (SSSR count). The van der Waals surface area contributed by atoms with Crippen LogP contribution in [0.15, 0.2) is 23.5 Å². The molecule has 0 aliphatic carbocycles. The molecule has 0 radical (unpaired) electrons. The molecular weight excluding hydrogens is 288 g/mol. The molecule has 0 atom stereocenters. The minimum absolute atomic E-state index is 0.827. The third-order valence-electron chi connectivity index (χ3n) is 4.02. The number of aliphatic imine (C=N–C) groups is 1. The van der Waals surface area contributed by atoms with Gasteiger partial charge in [0.05, 0.1) is 0 Å². The molecule has 128 valence electrons. The minimum atomic E-state index is 0.827. The van der Waals surface area contributed by atoms with Gasteiger partial charge < -0.3 is 15.1 Å². The molecular formula is C17H30N6. The van der Waals surface area contributed by atoms with E-state index >= 15 is 0 Å². The lowest BCUT2D eigenvalue weighted by Crippen LogP contribution is -2.53. The Balaban J connectivity index is 1.83. The Morgan fingerprint density at radius 1 is 1.09 bits per heavy atom. The first-order valence-corrected chi connectivity index (χ1v) is 8.90. The smallest absolute Gasteiger partial charge is 0.225 e. The van der Waals surface area contributed by atoms with Crippen molar-refractivity contribution in [2.75, 3.05) is 44.2 Å². The standard InChI is InChI=1S/C17H30N6/c1-3-5-6-7-9-19-16(18-4-2)22-12-14-23(15-13-22)17-20-10-8-11-21-17/h8,10-11H,3-7,9,12-15H2,1-2H3,(H,18,19). The lowest BCUT2D eigenvalue weighted by Gasteiger charge is -2.36. The van der Waals surface area contributed by atoms with Crippen molar-refractivity contribution in [3.8, 4) is 0 Å². The van der Waals surface area contributed by atoms with Crippen molar-refractivity contribution in [2.45, 2.75) is 39.5 Å². The van der Waals surface area contributed by atoms with Gasteiger partial charge in [0.2, 0.25) is 5.95 Å². The number of guanidine groups is 1. The maximum absolute atomic E-state index is 4.79. The predicted molar refractivity (Wildman–Crippen MR) is 95.9 cm³/mol. The van der Waals surface area contributed by atoms with Crippen LogP contribution >= 0.6 is 0 Å². The first kappa shape index (κ1) is 17.5. The average molecular weight is 318 g/mol. The molecule has 1 aromatic rings. The van der Waals surface area contributed by atoms with Gasteiger partial charge in [-0.05, 0) is 19.4 Å². The molecule has 0 aromatic carbocycles. The van der Waals surface area contributed by atoms with Crippen molar-refractivity contribution >= 4 is 11.9 Å². The van der Waals surface area contributed by atoms with Crippen LogP contribution in [0.1, 0.15) is 39.5 Å². The number of hydrogen-bond acceptors (Lipinski definition) is 4. The van der Waals surface area contributed by atoms with Crippen molar-refractivity contribution in [1.82, 2.24) is 20.2 Å². The molecule has 1 fully saturated rings. The maximum Gasteiger partial charge on any atom is 0.225 e. The molecule has 0 unspecified atom stereocenters. The molecule has 1 aliphatic heterocycles. The van der Waals surface area contributed by atoms with Crippen molar-refractivity contribution in [3.05, 3.63) is 18.5 Å². The van der Waals surface area contributed by atoms with Crippen LogP contribution in [0.2, 0.25) is 0 Å². The van der Waals surface area contributed by atoms with Gasteiger partial charge in [0.1, 0.15) is 0 Å². The summed E-state index contributed by atoms with van der Waals surface area (Å²) in [5, 5.41) is 3.42. The van der Waals surface area contributed by atoms with Crippen LogP contribution < -0.4 is 10.2 Å². The van der Waals surface area contributed by atoms with Gasteiger partial charge in [0.15, 0.2) is 5.96 Å². The Labute approximate surface area is 140 Å². The fourth-order valence-corrected chi connectivity index (χ4v) is 2.72. The van der Waals surface area contributed by atoms with E-state index in [1.54, 1.807) is 12.4 Å². The summed E-state index contributed by atoms with van der Waals surface area (Å²) < 4.78 is 0. The van der Waals surface area contributed by atoms with Gasteiger partial charge in [-0.25, -0.2) is 9.97 Å². The lowest BCUT2D eigenvalue weighted by atomic mass is 10.2. The maximum atomic E-state index is 4.79. The quantitative estimate of drug-likeness (QED) is 0.474. The number of nitrogens with one attached hydrogen (secondary N) is 1. The van der Waals surface area contributed by atoms with Crippen molar-refractivity contribution < 1.29 is 0 Å². The summed E-state index contributed by atoms with van der Waals surface area (Å²) in [6.45, 7) is 9.98. The van der Waals surface area contributed by atoms with Crippen LogP contribution in [0.5, 0.6) is 0 Å². The normalized spacial score (nSPS) is 15.8. The third kappa shape index (κ3) is 5.69. The molecule has 1 N–H and O–H groups in total. The van der Waals surface area contributed by atoms with Gasteiger partial charge in [-0.2, -0.15) is 0 Å². The number of nitrogens with zero attached hydrogens (tertiary/aromatic N) is 5. The van der Waals surface area contributed by atoms with Gasteiger partial charge in [-0.3, -0.25) is 4.99 Å². The molecule has 6 heteroatoms. The summed E-state index contributed by atoms with van der Waals surface area (Å²) >= 11 is 0. The largest absolute Gasteiger partial charge is 0.357 e. The highest BCUT2D eigenvalue weighted by atomic mass is 15.4. The van der Waals surface area contributed by atoms with Crippen LogP contribution in [0.25, 0.3) is 0 Å². The van der Waals surface area contributed by atoms with Crippen LogP contribution in [-0.2, 0) is 0 Å². The van der Waals surface area contributed by atoms with Gasteiger partial charge in [-0.15, -0.1) is 0 Å². The molecule has 1 aromatic heterocycles. The first-order valence-electron chi connectivity index (χ1n) is 8.90. The number of unbranched alkanes of at least 4 members (excludes halogenated alkanes) is 3. The highest BCUT2D eigenvalue weighted by Gasteiger charge is 2.20. The van der Waals surface area contributed by atoms with E-state index in [9.17, 15) is 0 Å². The topological polar surface area (TPSA) is 56.7 Å². The van der Waals surface area contributed by atoms with E-state index < -0.39 is 0 Å². The van der Waals surface area contributed by atoms with E-state index in [1.807, 2.05) is 6.07 Å². The average Bonchev–Trinajstić information content (AvgIpc) is 2.61. The zero-order chi connectivity index (χ0) is 16.3. The lowest BCUT2D eigenvalue weighted by molar-refractivity contribution is 0.370. The minimum Gasteiger partial charge on any atom is -0.357 e. The number of anilines is 1. The fraction of sp³-hybridized carbons (Fsp3) is 0.706. The molecule has 0 amide bonds. The summed E-state index contributed by atoms with van der Waals surface area (Å²) in [6, 6.07) is 1.86. The zero-order valence-electron chi connectivity index (χ0n) is 14.5. The van der Waals surface area contributed by atoms with E-state index in [0.29, 0.717) is 0 Å². The zero-order valence-corrected chi connectivity index (χ0v) is 14.5. The fourth-order valence-electron chi connectivity index (χ4n) is 2.72. The SMILES string of the molecule is CCCCCCN=C(NCC)N1CCN(c2ncccn2)CC1. The van der Waals surface area contributed by atoms with E-state index in [-0.39, 0.29) is 0 Å². The second-order valence-corrected chi connectivity index (χ2v) is 5.82.